The van der Waals surface area contributed by atoms with Gasteiger partial charge in [-0.15, -0.1) is 0 Å². The Kier molecular flexibility index (Phi) is 2.78. The van der Waals surface area contributed by atoms with Gasteiger partial charge in [0.25, 0.3) is 0 Å². The number of allylic oxidation sites excluding steroid dienone is 2. The van der Waals surface area contributed by atoms with Gasteiger partial charge in [0.2, 0.25) is 0 Å². The molecule has 1 heterocycles. The van der Waals surface area contributed by atoms with Crippen molar-refractivity contribution in [3.8, 4) is 5.75 Å². The lowest BCUT2D eigenvalue weighted by molar-refractivity contribution is 0.140. The molecule has 0 spiro atoms. The second-order valence-corrected chi connectivity index (χ2v) is 3.87. The van der Waals surface area contributed by atoms with Crippen molar-refractivity contribution in [2.24, 2.45) is 0 Å². The van der Waals surface area contributed by atoms with Gasteiger partial charge in [0.1, 0.15) is 18.5 Å². The average molecular weight is 204 g/mol. The molecule has 1 aliphatic rings. The van der Waals surface area contributed by atoms with E-state index in [1.165, 1.54) is 11.1 Å². The van der Waals surface area contributed by atoms with E-state index < -0.39 is 6.10 Å². The van der Waals surface area contributed by atoms with E-state index in [9.17, 15) is 5.11 Å². The minimum Gasteiger partial charge on any atom is -0.490 e. The van der Waals surface area contributed by atoms with E-state index in [2.05, 4.69) is 19.9 Å². The Morgan fingerprint density at radius 3 is 3.13 bits per heavy atom. The van der Waals surface area contributed by atoms with Gasteiger partial charge >= 0.3 is 0 Å². The number of hydrogen-bond donors (Lipinski definition) is 1. The van der Waals surface area contributed by atoms with E-state index in [0.717, 1.165) is 17.7 Å². The number of ether oxygens (including phenoxy) is 1. The third-order valence-corrected chi connectivity index (χ3v) is 2.73. The summed E-state index contributed by atoms with van der Waals surface area (Å²) in [4.78, 5) is 0. The molecule has 1 N–H and O–H groups in total. The molecule has 15 heavy (non-hydrogen) atoms. The molecule has 0 aliphatic carbocycles. The Hall–Kier alpha value is -1.28. The van der Waals surface area contributed by atoms with Crippen molar-refractivity contribution in [2.75, 3.05) is 6.61 Å². The SMILES string of the molecule is CCC=C(C)c1ccc2c(c1)[C@H](O)CO2. The first-order valence-corrected chi connectivity index (χ1v) is 5.34. The first kappa shape index (κ1) is 10.2. The summed E-state index contributed by atoms with van der Waals surface area (Å²) >= 11 is 0. The van der Waals surface area contributed by atoms with E-state index >= 15 is 0 Å². The molecule has 0 aromatic heterocycles. The Morgan fingerprint density at radius 1 is 1.60 bits per heavy atom. The molecule has 80 valence electrons. The molecule has 2 rings (SSSR count). The number of rotatable bonds is 2. The molecule has 2 nitrogen and oxygen atoms in total. The highest BCUT2D eigenvalue weighted by atomic mass is 16.5. The molecule has 1 aliphatic heterocycles. The lowest BCUT2D eigenvalue weighted by Gasteiger charge is -2.05. The molecule has 0 saturated carbocycles. The molecule has 0 saturated heterocycles. The number of benzene rings is 1. The predicted octanol–water partition coefficient (Wildman–Crippen LogP) is 2.93. The summed E-state index contributed by atoms with van der Waals surface area (Å²) < 4.78 is 5.34. The summed E-state index contributed by atoms with van der Waals surface area (Å²) in [6, 6.07) is 6.00. The topological polar surface area (TPSA) is 29.5 Å². The van der Waals surface area contributed by atoms with E-state index in [1.54, 1.807) is 0 Å². The van der Waals surface area contributed by atoms with Crippen molar-refractivity contribution in [3.63, 3.8) is 0 Å². The predicted molar refractivity (Wildman–Crippen MR) is 60.8 cm³/mol. The van der Waals surface area contributed by atoms with E-state index in [0.29, 0.717) is 6.61 Å². The highest BCUT2D eigenvalue weighted by Crippen LogP contribution is 2.34. The molecule has 2 heteroatoms. The van der Waals surface area contributed by atoms with E-state index in [-0.39, 0.29) is 0 Å². The Labute approximate surface area is 90.2 Å². The van der Waals surface area contributed by atoms with Crippen molar-refractivity contribution in [1.29, 1.82) is 0 Å². The normalized spacial score (nSPS) is 19.9. The monoisotopic (exact) mass is 204 g/mol. The van der Waals surface area contributed by atoms with Crippen LogP contribution < -0.4 is 4.74 Å². The molecule has 0 amide bonds. The largest absolute Gasteiger partial charge is 0.490 e. The molecular formula is C13H16O2. The van der Waals surface area contributed by atoms with Gasteiger partial charge in [-0.3, -0.25) is 0 Å². The van der Waals surface area contributed by atoms with Crippen LogP contribution in [0.4, 0.5) is 0 Å². The van der Waals surface area contributed by atoms with Gasteiger partial charge in [-0.25, -0.2) is 0 Å². The second kappa shape index (κ2) is 4.07. The minimum atomic E-state index is -0.464. The van der Waals surface area contributed by atoms with E-state index in [1.807, 2.05) is 18.2 Å². The molecule has 0 bridgehead atoms. The Balaban J connectivity index is 2.37. The molecule has 0 fully saturated rings. The highest BCUT2D eigenvalue weighted by molar-refractivity contribution is 5.65. The van der Waals surface area contributed by atoms with Crippen LogP contribution in [0.25, 0.3) is 5.57 Å². The number of aliphatic hydroxyl groups excluding tert-OH is 1. The maximum Gasteiger partial charge on any atom is 0.125 e. The van der Waals surface area contributed by atoms with Crippen LogP contribution in [0.2, 0.25) is 0 Å². The van der Waals surface area contributed by atoms with Gasteiger partial charge in [0.05, 0.1) is 0 Å². The molecule has 1 atom stereocenters. The summed E-state index contributed by atoms with van der Waals surface area (Å²) in [6.07, 6.45) is 2.75. The fourth-order valence-electron chi connectivity index (χ4n) is 1.87. The number of hydrogen-bond acceptors (Lipinski definition) is 2. The maximum atomic E-state index is 9.67. The van der Waals surface area contributed by atoms with Crippen molar-refractivity contribution < 1.29 is 9.84 Å². The Bertz CT molecular complexity index is 394. The zero-order valence-corrected chi connectivity index (χ0v) is 9.16. The average Bonchev–Trinajstić information content (AvgIpc) is 2.60. The molecular weight excluding hydrogens is 188 g/mol. The van der Waals surface area contributed by atoms with Gasteiger partial charge < -0.3 is 9.84 Å². The number of aliphatic hydroxyl groups is 1. The highest BCUT2D eigenvalue weighted by Gasteiger charge is 2.21. The maximum absolute atomic E-state index is 9.67. The summed E-state index contributed by atoms with van der Waals surface area (Å²) in [5.74, 6) is 0.815. The third-order valence-electron chi connectivity index (χ3n) is 2.73. The quantitative estimate of drug-likeness (QED) is 0.802. The summed E-state index contributed by atoms with van der Waals surface area (Å²) in [7, 11) is 0. The van der Waals surface area contributed by atoms with Crippen LogP contribution in [0.5, 0.6) is 5.75 Å². The van der Waals surface area contributed by atoms with E-state index in [4.69, 9.17) is 4.74 Å². The first-order chi connectivity index (χ1) is 7.22. The standard InChI is InChI=1S/C13H16O2/c1-3-4-9(2)10-5-6-13-11(7-10)12(14)8-15-13/h4-7,12,14H,3,8H2,1-2H3/t12-/m1/s1. The first-order valence-electron chi connectivity index (χ1n) is 5.34. The number of fused-ring (bicyclic) bond motifs is 1. The summed E-state index contributed by atoms with van der Waals surface area (Å²) in [5, 5.41) is 9.67. The van der Waals surface area contributed by atoms with Crippen LogP contribution in [0.1, 0.15) is 37.5 Å². The van der Waals surface area contributed by atoms with Gasteiger partial charge in [0.15, 0.2) is 0 Å². The van der Waals surface area contributed by atoms with Crippen LogP contribution in [-0.2, 0) is 0 Å². The van der Waals surface area contributed by atoms with Crippen molar-refractivity contribution in [3.05, 3.63) is 35.4 Å². The zero-order chi connectivity index (χ0) is 10.8. The van der Waals surface area contributed by atoms with Crippen LogP contribution in [0, 0.1) is 0 Å². The molecule has 0 unspecified atom stereocenters. The second-order valence-electron chi connectivity index (χ2n) is 3.87. The van der Waals surface area contributed by atoms with Crippen LogP contribution in [-0.4, -0.2) is 11.7 Å². The molecule has 0 radical (unpaired) electrons. The fraction of sp³-hybridized carbons (Fsp3) is 0.385. The van der Waals surface area contributed by atoms with Crippen molar-refractivity contribution in [2.45, 2.75) is 26.4 Å². The summed E-state index contributed by atoms with van der Waals surface area (Å²) in [5.41, 5.74) is 3.33. The van der Waals surface area contributed by atoms with Gasteiger partial charge in [-0.2, -0.15) is 0 Å². The van der Waals surface area contributed by atoms with Crippen LogP contribution in [0.3, 0.4) is 0 Å². The Morgan fingerprint density at radius 2 is 2.40 bits per heavy atom. The third kappa shape index (κ3) is 1.90. The van der Waals surface area contributed by atoms with Gasteiger partial charge in [-0.05, 0) is 36.6 Å². The summed E-state index contributed by atoms with van der Waals surface area (Å²) in [6.45, 7) is 4.59. The molecule has 1 aromatic rings. The zero-order valence-electron chi connectivity index (χ0n) is 9.16. The van der Waals surface area contributed by atoms with Gasteiger partial charge in [0, 0.05) is 5.56 Å². The fourth-order valence-corrected chi connectivity index (χ4v) is 1.87. The molecule has 1 aromatic carbocycles. The van der Waals surface area contributed by atoms with Gasteiger partial charge in [-0.1, -0.05) is 19.1 Å². The lowest BCUT2D eigenvalue weighted by atomic mass is 10.0. The van der Waals surface area contributed by atoms with Crippen molar-refractivity contribution >= 4 is 5.57 Å². The van der Waals surface area contributed by atoms with Crippen molar-refractivity contribution in [1.82, 2.24) is 0 Å². The lowest BCUT2D eigenvalue weighted by Crippen LogP contribution is -1.97. The van der Waals surface area contributed by atoms with Crippen LogP contribution >= 0.6 is 0 Å². The van der Waals surface area contributed by atoms with Crippen LogP contribution in [0.15, 0.2) is 24.3 Å². The smallest absolute Gasteiger partial charge is 0.125 e. The minimum absolute atomic E-state index is 0.384.